The first kappa shape index (κ1) is 12.0. The van der Waals surface area contributed by atoms with Crippen molar-refractivity contribution in [2.75, 3.05) is 11.1 Å². The van der Waals surface area contributed by atoms with E-state index in [0.717, 1.165) is 22.9 Å². The number of nitrogen functional groups attached to an aromatic ring is 1. The van der Waals surface area contributed by atoms with Crippen LogP contribution in [0.3, 0.4) is 0 Å². The molecular formula is C15H18N4. The van der Waals surface area contributed by atoms with Gasteiger partial charge < -0.3 is 11.1 Å². The molecule has 1 heterocycles. The average molecular weight is 254 g/mol. The van der Waals surface area contributed by atoms with Gasteiger partial charge in [0.2, 0.25) is 0 Å². The first-order valence-corrected chi connectivity index (χ1v) is 6.77. The van der Waals surface area contributed by atoms with Crippen LogP contribution in [0, 0.1) is 0 Å². The molecule has 1 aliphatic carbocycles. The fourth-order valence-electron chi connectivity index (χ4n) is 2.56. The van der Waals surface area contributed by atoms with E-state index < -0.39 is 0 Å². The van der Waals surface area contributed by atoms with Crippen molar-refractivity contribution in [3.63, 3.8) is 0 Å². The van der Waals surface area contributed by atoms with E-state index in [1.165, 1.54) is 25.7 Å². The lowest BCUT2D eigenvalue weighted by Gasteiger charge is -2.09. The highest BCUT2D eigenvalue weighted by Gasteiger charge is 2.18. The predicted octanol–water partition coefficient (Wildman–Crippen LogP) is 3.46. The Bertz CT molecular complexity index is 527. The second kappa shape index (κ2) is 5.26. The topological polar surface area (TPSA) is 63.8 Å². The molecule has 0 amide bonds. The van der Waals surface area contributed by atoms with E-state index in [4.69, 9.17) is 5.73 Å². The van der Waals surface area contributed by atoms with E-state index >= 15 is 0 Å². The number of nitrogens with two attached hydrogens (primary N) is 1. The first-order valence-electron chi connectivity index (χ1n) is 6.77. The van der Waals surface area contributed by atoms with Gasteiger partial charge in [-0.15, -0.1) is 5.10 Å². The van der Waals surface area contributed by atoms with Gasteiger partial charge in [0.25, 0.3) is 0 Å². The number of nitrogens with one attached hydrogen (secondary N) is 1. The van der Waals surface area contributed by atoms with Crippen LogP contribution >= 0.6 is 0 Å². The van der Waals surface area contributed by atoms with Gasteiger partial charge in [-0.2, -0.15) is 5.10 Å². The Morgan fingerprint density at radius 3 is 2.32 bits per heavy atom. The van der Waals surface area contributed by atoms with Gasteiger partial charge in [-0.25, -0.2) is 0 Å². The fraction of sp³-hybridized carbons (Fsp3) is 0.333. The molecule has 3 N–H and O–H groups in total. The molecule has 1 aromatic carbocycles. The maximum atomic E-state index is 5.65. The maximum Gasteiger partial charge on any atom is 0.153 e. The lowest BCUT2D eigenvalue weighted by atomic mass is 10.0. The van der Waals surface area contributed by atoms with Crippen LogP contribution in [0.4, 0.5) is 17.2 Å². The van der Waals surface area contributed by atoms with E-state index in [-0.39, 0.29) is 0 Å². The molecule has 1 fully saturated rings. The maximum absolute atomic E-state index is 5.65. The van der Waals surface area contributed by atoms with E-state index in [0.29, 0.717) is 5.92 Å². The van der Waals surface area contributed by atoms with Crippen LogP contribution in [-0.4, -0.2) is 10.2 Å². The van der Waals surface area contributed by atoms with Gasteiger partial charge in [0.1, 0.15) is 0 Å². The van der Waals surface area contributed by atoms with Crippen molar-refractivity contribution in [1.29, 1.82) is 0 Å². The largest absolute Gasteiger partial charge is 0.399 e. The molecule has 0 saturated heterocycles. The summed E-state index contributed by atoms with van der Waals surface area (Å²) < 4.78 is 0. The molecule has 3 rings (SSSR count). The van der Waals surface area contributed by atoms with Gasteiger partial charge >= 0.3 is 0 Å². The van der Waals surface area contributed by atoms with Crippen molar-refractivity contribution in [3.8, 4) is 0 Å². The van der Waals surface area contributed by atoms with Crippen LogP contribution in [0.25, 0.3) is 0 Å². The third kappa shape index (κ3) is 2.84. The smallest absolute Gasteiger partial charge is 0.153 e. The Hall–Kier alpha value is -2.10. The van der Waals surface area contributed by atoms with E-state index in [2.05, 4.69) is 21.6 Å². The molecule has 0 spiro atoms. The van der Waals surface area contributed by atoms with Crippen molar-refractivity contribution < 1.29 is 0 Å². The third-order valence-electron chi connectivity index (χ3n) is 3.64. The zero-order chi connectivity index (χ0) is 13.1. The zero-order valence-electron chi connectivity index (χ0n) is 10.8. The molecule has 19 heavy (non-hydrogen) atoms. The molecule has 0 aliphatic heterocycles. The molecule has 0 bridgehead atoms. The van der Waals surface area contributed by atoms with Gasteiger partial charge in [-0.05, 0) is 49.2 Å². The standard InChI is InChI=1S/C15H18N4/c16-12-5-7-13(8-6-12)17-15-10-9-14(18-19-15)11-3-1-2-4-11/h5-11H,1-4,16H2,(H,17,19). The summed E-state index contributed by atoms with van der Waals surface area (Å²) >= 11 is 0. The van der Waals surface area contributed by atoms with Gasteiger partial charge in [0.05, 0.1) is 5.69 Å². The summed E-state index contributed by atoms with van der Waals surface area (Å²) in [5, 5.41) is 11.8. The summed E-state index contributed by atoms with van der Waals surface area (Å²) in [6.45, 7) is 0. The number of benzene rings is 1. The van der Waals surface area contributed by atoms with Gasteiger partial charge in [-0.3, -0.25) is 0 Å². The second-order valence-corrected chi connectivity index (χ2v) is 5.07. The Labute approximate surface area is 113 Å². The Morgan fingerprint density at radius 2 is 1.68 bits per heavy atom. The lowest BCUT2D eigenvalue weighted by Crippen LogP contribution is -2.01. The van der Waals surface area contributed by atoms with Crippen molar-refractivity contribution >= 4 is 17.2 Å². The predicted molar refractivity (Wildman–Crippen MR) is 77.4 cm³/mol. The van der Waals surface area contributed by atoms with Crippen LogP contribution in [0.1, 0.15) is 37.3 Å². The van der Waals surface area contributed by atoms with Crippen molar-refractivity contribution in [2.24, 2.45) is 0 Å². The minimum atomic E-state index is 0.609. The van der Waals surface area contributed by atoms with Gasteiger partial charge in [0, 0.05) is 17.3 Å². The van der Waals surface area contributed by atoms with Crippen molar-refractivity contribution in [3.05, 3.63) is 42.1 Å². The summed E-state index contributed by atoms with van der Waals surface area (Å²) in [7, 11) is 0. The summed E-state index contributed by atoms with van der Waals surface area (Å²) in [5.74, 6) is 1.38. The summed E-state index contributed by atoms with van der Waals surface area (Å²) in [5.41, 5.74) is 8.51. The second-order valence-electron chi connectivity index (χ2n) is 5.07. The van der Waals surface area contributed by atoms with E-state index in [1.807, 2.05) is 30.3 Å². The molecule has 4 nitrogen and oxygen atoms in total. The fourth-order valence-corrected chi connectivity index (χ4v) is 2.56. The molecule has 2 aromatic rings. The molecule has 1 aromatic heterocycles. The molecule has 4 heteroatoms. The molecule has 1 aliphatic rings. The Morgan fingerprint density at radius 1 is 0.947 bits per heavy atom. The SMILES string of the molecule is Nc1ccc(Nc2ccc(C3CCCC3)nn2)cc1. The molecule has 0 atom stereocenters. The lowest BCUT2D eigenvalue weighted by molar-refractivity contribution is 0.681. The Kier molecular flexibility index (Phi) is 3.31. The normalized spacial score (nSPS) is 15.6. The van der Waals surface area contributed by atoms with Crippen LogP contribution < -0.4 is 11.1 Å². The van der Waals surface area contributed by atoms with Gasteiger partial charge in [0.15, 0.2) is 5.82 Å². The summed E-state index contributed by atoms with van der Waals surface area (Å²) in [4.78, 5) is 0. The third-order valence-corrected chi connectivity index (χ3v) is 3.64. The number of nitrogens with zero attached hydrogens (tertiary/aromatic N) is 2. The first-order chi connectivity index (χ1) is 9.31. The van der Waals surface area contributed by atoms with Gasteiger partial charge in [-0.1, -0.05) is 12.8 Å². The number of anilines is 3. The molecule has 0 unspecified atom stereocenters. The molecule has 1 saturated carbocycles. The van der Waals surface area contributed by atoms with Crippen LogP contribution in [0.15, 0.2) is 36.4 Å². The summed E-state index contributed by atoms with van der Waals surface area (Å²) in [6.07, 6.45) is 5.13. The molecular weight excluding hydrogens is 236 g/mol. The van der Waals surface area contributed by atoms with E-state index in [1.54, 1.807) is 0 Å². The minimum Gasteiger partial charge on any atom is -0.399 e. The number of aromatic nitrogens is 2. The molecule has 0 radical (unpaired) electrons. The van der Waals surface area contributed by atoms with Crippen LogP contribution in [-0.2, 0) is 0 Å². The average Bonchev–Trinajstić information content (AvgIpc) is 2.96. The van der Waals surface area contributed by atoms with Crippen LogP contribution in [0.5, 0.6) is 0 Å². The van der Waals surface area contributed by atoms with Crippen molar-refractivity contribution in [2.45, 2.75) is 31.6 Å². The quantitative estimate of drug-likeness (QED) is 0.823. The highest BCUT2D eigenvalue weighted by molar-refractivity contribution is 5.58. The summed E-state index contributed by atoms with van der Waals surface area (Å²) in [6, 6.07) is 11.7. The number of hydrogen-bond acceptors (Lipinski definition) is 4. The number of rotatable bonds is 3. The van der Waals surface area contributed by atoms with Crippen LogP contribution in [0.2, 0.25) is 0 Å². The van der Waals surface area contributed by atoms with Crippen molar-refractivity contribution in [1.82, 2.24) is 10.2 Å². The molecule has 98 valence electrons. The van der Waals surface area contributed by atoms with E-state index in [9.17, 15) is 0 Å². The monoisotopic (exact) mass is 254 g/mol. The zero-order valence-corrected chi connectivity index (χ0v) is 10.8. The minimum absolute atomic E-state index is 0.609. The Balaban J connectivity index is 1.70. The highest BCUT2D eigenvalue weighted by Crippen LogP contribution is 2.32. The highest BCUT2D eigenvalue weighted by atomic mass is 15.2. The number of hydrogen-bond donors (Lipinski definition) is 2.